The highest BCUT2D eigenvalue weighted by molar-refractivity contribution is 5.84. The summed E-state index contributed by atoms with van der Waals surface area (Å²) in [6.45, 7) is 0.616. The van der Waals surface area contributed by atoms with Gasteiger partial charge in [-0.05, 0) is 24.3 Å². The summed E-state index contributed by atoms with van der Waals surface area (Å²) >= 11 is 0. The number of aliphatic imine (C=N–C) groups is 2. The van der Waals surface area contributed by atoms with Crippen molar-refractivity contribution >= 4 is 12.4 Å². The number of para-hydroxylation sites is 2. The van der Waals surface area contributed by atoms with Gasteiger partial charge in [-0.2, -0.15) is 0 Å². The number of phenolic OH excluding ortho intramolecular Hbond substituents is 2. The van der Waals surface area contributed by atoms with Gasteiger partial charge in [0, 0.05) is 23.6 Å². The summed E-state index contributed by atoms with van der Waals surface area (Å²) in [5, 5.41) is 18.9. The predicted octanol–water partition coefficient (Wildman–Crippen LogP) is 2.91. The molecule has 22 heavy (non-hydrogen) atoms. The zero-order valence-electron chi connectivity index (χ0n) is 11.6. The number of benzene rings is 2. The van der Waals surface area contributed by atoms with Crippen molar-refractivity contribution in [2.75, 3.05) is 13.1 Å². The lowest BCUT2D eigenvalue weighted by Gasteiger charge is -1.99. The molecule has 0 bridgehead atoms. The Morgan fingerprint density at radius 1 is 0.773 bits per heavy atom. The second-order valence-electron chi connectivity index (χ2n) is 4.43. The fourth-order valence-corrected chi connectivity index (χ4v) is 1.71. The second kappa shape index (κ2) is 7.31. The van der Waals surface area contributed by atoms with Crippen molar-refractivity contribution < 1.29 is 19.0 Å². The van der Waals surface area contributed by atoms with E-state index in [2.05, 4.69) is 9.98 Å². The number of phenols is 2. The number of hydrogen-bond donors (Lipinski definition) is 2. The molecule has 0 aliphatic rings. The van der Waals surface area contributed by atoms with Gasteiger partial charge in [0.25, 0.3) is 0 Å². The van der Waals surface area contributed by atoms with Crippen LogP contribution in [0.3, 0.4) is 0 Å². The van der Waals surface area contributed by atoms with E-state index in [1.807, 2.05) is 0 Å². The van der Waals surface area contributed by atoms with Crippen LogP contribution in [0.1, 0.15) is 11.1 Å². The Morgan fingerprint density at radius 3 is 1.59 bits per heavy atom. The van der Waals surface area contributed by atoms with Gasteiger partial charge in [0.05, 0.1) is 13.1 Å². The molecule has 2 aromatic rings. The van der Waals surface area contributed by atoms with E-state index < -0.39 is 23.1 Å². The molecule has 2 aromatic carbocycles. The minimum atomic E-state index is -0.705. The first-order valence-corrected chi connectivity index (χ1v) is 6.54. The summed E-state index contributed by atoms with van der Waals surface area (Å²) in [7, 11) is 0. The minimum Gasteiger partial charge on any atom is -0.504 e. The molecule has 2 N–H and O–H groups in total. The second-order valence-corrected chi connectivity index (χ2v) is 4.43. The number of hydrogen-bond acceptors (Lipinski definition) is 4. The standard InChI is InChI=1S/C16H14F2N2O2/c17-13-5-1-3-11(15(13)21)9-19-7-8-20-10-12-4-2-6-14(18)16(12)22/h1-6,9-10,21-22H,7-8H2/b19-9+,20-10+. The van der Waals surface area contributed by atoms with Gasteiger partial charge in [-0.25, -0.2) is 8.78 Å². The van der Waals surface area contributed by atoms with E-state index in [1.165, 1.54) is 36.7 Å². The van der Waals surface area contributed by atoms with E-state index in [4.69, 9.17) is 0 Å². The van der Waals surface area contributed by atoms with Gasteiger partial charge in [0.1, 0.15) is 0 Å². The van der Waals surface area contributed by atoms with Crippen molar-refractivity contribution in [2.45, 2.75) is 0 Å². The van der Waals surface area contributed by atoms with E-state index in [0.29, 0.717) is 13.1 Å². The van der Waals surface area contributed by atoms with Gasteiger partial charge in [-0.1, -0.05) is 12.1 Å². The molecule has 0 aliphatic heterocycles. The maximum absolute atomic E-state index is 13.1. The van der Waals surface area contributed by atoms with Crippen LogP contribution in [-0.4, -0.2) is 35.7 Å². The van der Waals surface area contributed by atoms with Crippen molar-refractivity contribution in [3.63, 3.8) is 0 Å². The molecule has 0 saturated heterocycles. The van der Waals surface area contributed by atoms with Crippen molar-refractivity contribution in [1.82, 2.24) is 0 Å². The number of halogens is 2. The normalized spacial score (nSPS) is 11.5. The third-order valence-electron chi connectivity index (χ3n) is 2.85. The molecule has 0 spiro atoms. The highest BCUT2D eigenvalue weighted by Gasteiger charge is 2.04. The average molecular weight is 304 g/mol. The zero-order valence-corrected chi connectivity index (χ0v) is 11.6. The summed E-state index contributed by atoms with van der Waals surface area (Å²) in [6.07, 6.45) is 2.71. The molecule has 2 rings (SSSR count). The van der Waals surface area contributed by atoms with Crippen LogP contribution >= 0.6 is 0 Å². The van der Waals surface area contributed by atoms with Gasteiger partial charge in [0.15, 0.2) is 23.1 Å². The summed E-state index contributed by atoms with van der Waals surface area (Å²) in [6, 6.07) is 8.33. The van der Waals surface area contributed by atoms with Crippen molar-refractivity contribution in [2.24, 2.45) is 9.98 Å². The Hall–Kier alpha value is -2.76. The monoisotopic (exact) mass is 304 g/mol. The molecule has 0 aromatic heterocycles. The average Bonchev–Trinajstić information content (AvgIpc) is 2.51. The highest BCUT2D eigenvalue weighted by atomic mass is 19.1. The summed E-state index contributed by atoms with van der Waals surface area (Å²) in [5.41, 5.74) is 0.568. The number of rotatable bonds is 5. The van der Waals surface area contributed by atoms with Crippen LogP contribution in [0.25, 0.3) is 0 Å². The van der Waals surface area contributed by atoms with Crippen molar-refractivity contribution in [3.8, 4) is 11.5 Å². The molecule has 4 nitrogen and oxygen atoms in total. The minimum absolute atomic E-state index is 0.284. The van der Waals surface area contributed by atoms with Crippen molar-refractivity contribution in [1.29, 1.82) is 0 Å². The number of nitrogens with zero attached hydrogens (tertiary/aromatic N) is 2. The predicted molar refractivity (Wildman–Crippen MR) is 81.1 cm³/mol. The van der Waals surface area contributed by atoms with Crippen LogP contribution in [0, 0.1) is 11.6 Å². The molecule has 0 saturated carbocycles. The molecule has 6 heteroatoms. The van der Waals surface area contributed by atoms with Gasteiger partial charge in [-0.3, -0.25) is 9.98 Å². The first-order chi connectivity index (χ1) is 10.6. The van der Waals surface area contributed by atoms with E-state index in [0.717, 1.165) is 12.1 Å². The fourth-order valence-electron chi connectivity index (χ4n) is 1.71. The molecule has 114 valence electrons. The Balaban J connectivity index is 1.89. The Kier molecular flexibility index (Phi) is 5.19. The van der Waals surface area contributed by atoms with E-state index in [9.17, 15) is 19.0 Å². The zero-order chi connectivity index (χ0) is 15.9. The summed E-state index contributed by atoms with van der Waals surface area (Å²) < 4.78 is 26.2. The van der Waals surface area contributed by atoms with Gasteiger partial charge < -0.3 is 10.2 Å². The largest absolute Gasteiger partial charge is 0.504 e. The molecule has 0 aliphatic carbocycles. The Bertz CT molecular complexity index is 654. The van der Waals surface area contributed by atoms with Crippen molar-refractivity contribution in [3.05, 3.63) is 59.2 Å². The first-order valence-electron chi connectivity index (χ1n) is 6.54. The van der Waals surface area contributed by atoms with Gasteiger partial charge in [-0.15, -0.1) is 0 Å². The van der Waals surface area contributed by atoms with Crippen LogP contribution in [-0.2, 0) is 0 Å². The lowest BCUT2D eigenvalue weighted by molar-refractivity contribution is 0.431. The van der Waals surface area contributed by atoms with Crippen LogP contribution in [0.5, 0.6) is 11.5 Å². The van der Waals surface area contributed by atoms with E-state index in [1.54, 1.807) is 0 Å². The van der Waals surface area contributed by atoms with Gasteiger partial charge in [0.2, 0.25) is 0 Å². The van der Waals surface area contributed by atoms with Crippen LogP contribution < -0.4 is 0 Å². The fraction of sp³-hybridized carbons (Fsp3) is 0.125. The van der Waals surface area contributed by atoms with Crippen LogP contribution in [0.2, 0.25) is 0 Å². The Labute approximate surface area is 126 Å². The molecule has 0 fully saturated rings. The summed E-state index contributed by atoms with van der Waals surface area (Å²) in [4.78, 5) is 8.03. The molecular formula is C16H14F2N2O2. The van der Waals surface area contributed by atoms with E-state index in [-0.39, 0.29) is 11.1 Å². The summed E-state index contributed by atoms with van der Waals surface area (Å²) in [5.74, 6) is -2.30. The lowest BCUT2D eigenvalue weighted by atomic mass is 10.2. The van der Waals surface area contributed by atoms with Crippen LogP contribution in [0.4, 0.5) is 8.78 Å². The van der Waals surface area contributed by atoms with E-state index >= 15 is 0 Å². The quantitative estimate of drug-likeness (QED) is 0.659. The molecule has 0 unspecified atom stereocenters. The maximum atomic E-state index is 13.1. The molecule has 0 radical (unpaired) electrons. The van der Waals surface area contributed by atoms with Gasteiger partial charge >= 0.3 is 0 Å². The lowest BCUT2D eigenvalue weighted by Crippen LogP contribution is -1.92. The molecular weight excluding hydrogens is 290 g/mol. The maximum Gasteiger partial charge on any atom is 0.165 e. The Morgan fingerprint density at radius 2 is 1.18 bits per heavy atom. The SMILES string of the molecule is Oc1c(F)cccc1/C=N/CC/N=C/c1cccc(F)c1O. The number of aromatic hydroxyl groups is 2. The molecule has 0 atom stereocenters. The highest BCUT2D eigenvalue weighted by Crippen LogP contribution is 2.19. The first kappa shape index (κ1) is 15.6. The topological polar surface area (TPSA) is 65.2 Å². The molecule has 0 heterocycles. The molecule has 0 amide bonds. The smallest absolute Gasteiger partial charge is 0.165 e. The van der Waals surface area contributed by atoms with Crippen LogP contribution in [0.15, 0.2) is 46.4 Å². The third kappa shape index (κ3) is 3.88. The third-order valence-corrected chi connectivity index (χ3v) is 2.85.